The van der Waals surface area contributed by atoms with Gasteiger partial charge in [0.15, 0.2) is 0 Å². The second kappa shape index (κ2) is 6.05. The number of rotatable bonds is 3. The Bertz CT molecular complexity index is 611. The number of ether oxygens (including phenoxy) is 1. The van der Waals surface area contributed by atoms with Crippen LogP contribution < -0.4 is 0 Å². The lowest BCUT2D eigenvalue weighted by molar-refractivity contribution is -0.139. The lowest BCUT2D eigenvalue weighted by atomic mass is 10.1. The number of hydrogen-bond donors (Lipinski definition) is 0. The average Bonchev–Trinajstić information content (AvgIpc) is 2.93. The van der Waals surface area contributed by atoms with Crippen molar-refractivity contribution in [1.82, 2.24) is 19.7 Å². The maximum Gasteiger partial charge on any atom is 0.244 e. The normalized spacial score (nSPS) is 18.7. The summed E-state index contributed by atoms with van der Waals surface area (Å²) < 4.78 is 7.43. The fraction of sp³-hybridized carbons (Fsp3) is 0.400. The summed E-state index contributed by atoms with van der Waals surface area (Å²) in [6, 6.07) is 3.85. The molecular formula is C15H18N4O2. The van der Waals surface area contributed by atoms with Crippen LogP contribution >= 0.6 is 0 Å². The monoisotopic (exact) mass is 286 g/mol. The zero-order valence-electron chi connectivity index (χ0n) is 12.0. The van der Waals surface area contributed by atoms with Crippen LogP contribution in [0.5, 0.6) is 0 Å². The van der Waals surface area contributed by atoms with E-state index in [0.717, 1.165) is 11.1 Å². The number of amides is 1. The Balaban J connectivity index is 1.64. The SMILES string of the molecule is Cc1cnn(CC(=O)N2CCOC(c3ccncc3)C2)c1. The predicted octanol–water partition coefficient (Wildman–Crippen LogP) is 1.19. The largest absolute Gasteiger partial charge is 0.370 e. The van der Waals surface area contributed by atoms with Crippen molar-refractivity contribution in [3.05, 3.63) is 48.0 Å². The van der Waals surface area contributed by atoms with Crippen molar-refractivity contribution >= 4 is 5.91 Å². The molecule has 0 bridgehead atoms. The summed E-state index contributed by atoms with van der Waals surface area (Å²) in [5.74, 6) is 0.0699. The van der Waals surface area contributed by atoms with Gasteiger partial charge in [-0.1, -0.05) is 0 Å². The summed E-state index contributed by atoms with van der Waals surface area (Å²) in [7, 11) is 0. The van der Waals surface area contributed by atoms with Crippen LogP contribution in [0, 0.1) is 6.92 Å². The smallest absolute Gasteiger partial charge is 0.244 e. The third kappa shape index (κ3) is 3.28. The molecule has 6 heteroatoms. The molecule has 21 heavy (non-hydrogen) atoms. The van der Waals surface area contributed by atoms with Gasteiger partial charge in [-0.05, 0) is 30.2 Å². The first-order valence-electron chi connectivity index (χ1n) is 7.01. The van der Waals surface area contributed by atoms with Gasteiger partial charge < -0.3 is 9.64 Å². The lowest BCUT2D eigenvalue weighted by Gasteiger charge is -2.33. The molecule has 0 saturated carbocycles. The molecule has 1 fully saturated rings. The number of morpholine rings is 1. The Morgan fingerprint density at radius 2 is 2.24 bits per heavy atom. The van der Waals surface area contributed by atoms with E-state index in [1.807, 2.05) is 30.2 Å². The van der Waals surface area contributed by atoms with Gasteiger partial charge in [-0.15, -0.1) is 0 Å². The van der Waals surface area contributed by atoms with Crippen molar-refractivity contribution in [1.29, 1.82) is 0 Å². The van der Waals surface area contributed by atoms with E-state index in [1.165, 1.54) is 0 Å². The van der Waals surface area contributed by atoms with E-state index < -0.39 is 0 Å². The maximum atomic E-state index is 12.4. The Morgan fingerprint density at radius 3 is 2.95 bits per heavy atom. The van der Waals surface area contributed by atoms with Crippen molar-refractivity contribution in [3.63, 3.8) is 0 Å². The van der Waals surface area contributed by atoms with Crippen molar-refractivity contribution in [2.45, 2.75) is 19.6 Å². The topological polar surface area (TPSA) is 60.2 Å². The van der Waals surface area contributed by atoms with Gasteiger partial charge >= 0.3 is 0 Å². The Labute approximate surface area is 123 Å². The fourth-order valence-corrected chi connectivity index (χ4v) is 2.45. The molecular weight excluding hydrogens is 268 g/mol. The van der Waals surface area contributed by atoms with Crippen molar-refractivity contribution in [2.75, 3.05) is 19.7 Å². The minimum atomic E-state index is -0.0787. The molecule has 1 aliphatic heterocycles. The number of carbonyl (C=O) groups excluding carboxylic acids is 1. The first kappa shape index (κ1) is 13.8. The molecule has 1 amide bonds. The third-order valence-corrected chi connectivity index (χ3v) is 3.56. The van der Waals surface area contributed by atoms with Crippen LogP contribution in [0.4, 0.5) is 0 Å². The van der Waals surface area contributed by atoms with Crippen LogP contribution in [-0.4, -0.2) is 45.3 Å². The van der Waals surface area contributed by atoms with E-state index in [2.05, 4.69) is 10.1 Å². The molecule has 1 saturated heterocycles. The van der Waals surface area contributed by atoms with Gasteiger partial charge in [0, 0.05) is 25.1 Å². The van der Waals surface area contributed by atoms with Gasteiger partial charge in [0.1, 0.15) is 12.6 Å². The molecule has 110 valence electrons. The van der Waals surface area contributed by atoms with E-state index in [1.54, 1.807) is 23.3 Å². The molecule has 2 aromatic heterocycles. The Hall–Kier alpha value is -2.21. The first-order chi connectivity index (χ1) is 10.2. The highest BCUT2D eigenvalue weighted by atomic mass is 16.5. The third-order valence-electron chi connectivity index (χ3n) is 3.56. The van der Waals surface area contributed by atoms with Crippen LogP contribution in [0.25, 0.3) is 0 Å². The molecule has 0 spiro atoms. The van der Waals surface area contributed by atoms with Crippen molar-refractivity contribution in [2.24, 2.45) is 0 Å². The van der Waals surface area contributed by atoms with Gasteiger partial charge in [-0.25, -0.2) is 0 Å². The fourth-order valence-electron chi connectivity index (χ4n) is 2.45. The maximum absolute atomic E-state index is 12.4. The number of pyridine rings is 1. The molecule has 3 rings (SSSR count). The molecule has 2 aromatic rings. The predicted molar refractivity (Wildman–Crippen MR) is 76.5 cm³/mol. The summed E-state index contributed by atoms with van der Waals surface area (Å²) in [4.78, 5) is 18.2. The summed E-state index contributed by atoms with van der Waals surface area (Å²) in [6.07, 6.45) is 7.04. The van der Waals surface area contributed by atoms with Gasteiger partial charge in [0.2, 0.25) is 5.91 Å². The van der Waals surface area contributed by atoms with Crippen LogP contribution in [0.1, 0.15) is 17.2 Å². The van der Waals surface area contributed by atoms with Gasteiger partial charge in [0.05, 0.1) is 19.3 Å². The molecule has 0 aliphatic carbocycles. The second-order valence-electron chi connectivity index (χ2n) is 5.19. The summed E-state index contributed by atoms with van der Waals surface area (Å²) in [6.45, 7) is 3.99. The molecule has 3 heterocycles. The molecule has 6 nitrogen and oxygen atoms in total. The molecule has 1 atom stereocenters. The molecule has 0 N–H and O–H groups in total. The van der Waals surface area contributed by atoms with E-state index in [4.69, 9.17) is 4.74 Å². The van der Waals surface area contributed by atoms with E-state index in [0.29, 0.717) is 19.7 Å². The zero-order valence-corrected chi connectivity index (χ0v) is 12.0. The number of carbonyl (C=O) groups is 1. The first-order valence-corrected chi connectivity index (χ1v) is 7.01. The zero-order chi connectivity index (χ0) is 14.7. The van der Waals surface area contributed by atoms with Crippen molar-refractivity contribution < 1.29 is 9.53 Å². The number of hydrogen-bond acceptors (Lipinski definition) is 4. The molecule has 1 unspecified atom stereocenters. The molecule has 1 aliphatic rings. The highest BCUT2D eigenvalue weighted by Gasteiger charge is 2.25. The van der Waals surface area contributed by atoms with E-state index in [9.17, 15) is 4.79 Å². The summed E-state index contributed by atoms with van der Waals surface area (Å²) >= 11 is 0. The number of nitrogens with zero attached hydrogens (tertiary/aromatic N) is 4. The van der Waals surface area contributed by atoms with Gasteiger partial charge in [-0.2, -0.15) is 5.10 Å². The summed E-state index contributed by atoms with van der Waals surface area (Å²) in [5, 5.41) is 4.16. The van der Waals surface area contributed by atoms with Gasteiger partial charge in [-0.3, -0.25) is 14.5 Å². The second-order valence-corrected chi connectivity index (χ2v) is 5.19. The lowest BCUT2D eigenvalue weighted by Crippen LogP contribution is -2.43. The van der Waals surface area contributed by atoms with Crippen LogP contribution in [0.2, 0.25) is 0 Å². The number of aromatic nitrogens is 3. The van der Waals surface area contributed by atoms with Crippen LogP contribution in [-0.2, 0) is 16.1 Å². The van der Waals surface area contributed by atoms with E-state index >= 15 is 0 Å². The minimum Gasteiger partial charge on any atom is -0.370 e. The van der Waals surface area contributed by atoms with Gasteiger partial charge in [0.25, 0.3) is 0 Å². The quantitative estimate of drug-likeness (QED) is 0.850. The summed E-state index contributed by atoms with van der Waals surface area (Å²) in [5.41, 5.74) is 2.11. The van der Waals surface area contributed by atoms with Crippen molar-refractivity contribution in [3.8, 4) is 0 Å². The number of aryl methyl sites for hydroxylation is 1. The highest BCUT2D eigenvalue weighted by molar-refractivity contribution is 5.76. The highest BCUT2D eigenvalue weighted by Crippen LogP contribution is 2.21. The average molecular weight is 286 g/mol. The van der Waals surface area contributed by atoms with Crippen LogP contribution in [0.3, 0.4) is 0 Å². The minimum absolute atomic E-state index is 0.0699. The Kier molecular flexibility index (Phi) is 3.96. The molecule has 0 radical (unpaired) electrons. The Morgan fingerprint density at radius 1 is 1.43 bits per heavy atom. The molecule has 0 aromatic carbocycles. The van der Waals surface area contributed by atoms with E-state index in [-0.39, 0.29) is 18.6 Å². The standard InChI is InChI=1S/C15H18N4O2/c1-12-8-17-19(9-12)11-15(20)18-6-7-21-14(10-18)13-2-4-16-5-3-13/h2-5,8-9,14H,6-7,10-11H2,1H3. The van der Waals surface area contributed by atoms with Crippen LogP contribution in [0.15, 0.2) is 36.9 Å².